The Labute approximate surface area is 192 Å². The SMILES string of the molecule is N#C/C(=C/c1cn(Cc2ccc(Cl)cc2Cl)c2ccccc12)C(=O)NC1CCCCC1. The van der Waals surface area contributed by atoms with Crippen molar-refractivity contribution >= 4 is 46.1 Å². The minimum atomic E-state index is -0.299. The zero-order valence-corrected chi connectivity index (χ0v) is 18.6. The summed E-state index contributed by atoms with van der Waals surface area (Å²) in [4.78, 5) is 12.7. The first-order valence-electron chi connectivity index (χ1n) is 10.5. The smallest absolute Gasteiger partial charge is 0.262 e. The van der Waals surface area contributed by atoms with Gasteiger partial charge in [0, 0.05) is 45.3 Å². The van der Waals surface area contributed by atoms with Crippen molar-refractivity contribution in [3.05, 3.63) is 75.4 Å². The van der Waals surface area contributed by atoms with E-state index in [1.807, 2.05) is 42.6 Å². The summed E-state index contributed by atoms with van der Waals surface area (Å²) in [6, 6.07) is 15.6. The van der Waals surface area contributed by atoms with E-state index in [1.165, 1.54) is 6.42 Å². The number of fused-ring (bicyclic) bond motifs is 1. The third kappa shape index (κ3) is 4.95. The topological polar surface area (TPSA) is 57.8 Å². The van der Waals surface area contributed by atoms with Gasteiger partial charge in [-0.05, 0) is 42.7 Å². The van der Waals surface area contributed by atoms with Crippen LogP contribution >= 0.6 is 23.2 Å². The molecule has 0 saturated heterocycles. The highest BCUT2D eigenvalue weighted by molar-refractivity contribution is 6.35. The molecule has 1 aliphatic rings. The van der Waals surface area contributed by atoms with Crippen LogP contribution in [0.3, 0.4) is 0 Å². The van der Waals surface area contributed by atoms with Crippen molar-refractivity contribution in [2.24, 2.45) is 0 Å². The molecule has 0 atom stereocenters. The number of halogens is 2. The Balaban J connectivity index is 1.65. The minimum Gasteiger partial charge on any atom is -0.349 e. The van der Waals surface area contributed by atoms with Gasteiger partial charge in [-0.15, -0.1) is 0 Å². The van der Waals surface area contributed by atoms with E-state index in [0.29, 0.717) is 16.6 Å². The Morgan fingerprint density at radius 3 is 2.68 bits per heavy atom. The van der Waals surface area contributed by atoms with E-state index in [4.69, 9.17) is 23.2 Å². The minimum absolute atomic E-state index is 0.123. The van der Waals surface area contributed by atoms with Gasteiger partial charge in [-0.3, -0.25) is 4.79 Å². The summed E-state index contributed by atoms with van der Waals surface area (Å²) in [5.74, 6) is -0.299. The highest BCUT2D eigenvalue weighted by Gasteiger charge is 2.19. The number of para-hydroxylation sites is 1. The molecular weight excluding hydrogens is 429 g/mol. The van der Waals surface area contributed by atoms with Gasteiger partial charge in [0.2, 0.25) is 0 Å². The summed E-state index contributed by atoms with van der Waals surface area (Å²) in [7, 11) is 0. The average Bonchev–Trinajstić information content (AvgIpc) is 3.12. The van der Waals surface area contributed by atoms with Crippen molar-refractivity contribution in [2.45, 2.75) is 44.7 Å². The van der Waals surface area contributed by atoms with Crippen LogP contribution in [0.1, 0.15) is 43.2 Å². The first-order chi connectivity index (χ1) is 15.0. The Morgan fingerprint density at radius 1 is 1.16 bits per heavy atom. The summed E-state index contributed by atoms with van der Waals surface area (Å²) < 4.78 is 2.07. The van der Waals surface area contributed by atoms with Gasteiger partial charge in [0.15, 0.2) is 0 Å². The molecule has 0 bridgehead atoms. The highest BCUT2D eigenvalue weighted by Crippen LogP contribution is 2.27. The summed E-state index contributed by atoms with van der Waals surface area (Å²) in [6.07, 6.45) is 9.05. The Hall–Kier alpha value is -2.74. The standard InChI is InChI=1S/C25H23Cl2N3O/c26-20-11-10-17(23(27)13-20)15-30-16-19(22-8-4-5-9-24(22)30)12-18(14-28)25(31)29-21-6-2-1-3-7-21/h4-5,8-13,16,21H,1-3,6-7,15H2,(H,29,31)/b18-12-. The third-order valence-corrected chi connectivity index (χ3v) is 6.37. The lowest BCUT2D eigenvalue weighted by Gasteiger charge is -2.22. The lowest BCUT2D eigenvalue weighted by atomic mass is 9.95. The highest BCUT2D eigenvalue weighted by atomic mass is 35.5. The zero-order chi connectivity index (χ0) is 21.8. The second-order valence-corrected chi connectivity index (χ2v) is 8.79. The molecule has 0 unspecified atom stereocenters. The Kier molecular flexibility index (Phi) is 6.65. The van der Waals surface area contributed by atoms with Crippen molar-refractivity contribution in [2.75, 3.05) is 0 Å². The number of aromatic nitrogens is 1. The second-order valence-electron chi connectivity index (χ2n) is 7.94. The molecule has 1 fully saturated rings. The molecule has 1 aromatic heterocycles. The molecule has 0 aliphatic heterocycles. The second kappa shape index (κ2) is 9.60. The number of amides is 1. The van der Waals surface area contributed by atoms with Gasteiger partial charge in [-0.1, -0.05) is 66.7 Å². The molecule has 6 heteroatoms. The average molecular weight is 452 g/mol. The summed E-state index contributed by atoms with van der Waals surface area (Å²) in [5.41, 5.74) is 2.90. The number of hydrogen-bond donors (Lipinski definition) is 1. The Morgan fingerprint density at radius 2 is 1.94 bits per heavy atom. The molecule has 4 nitrogen and oxygen atoms in total. The lowest BCUT2D eigenvalue weighted by molar-refractivity contribution is -0.117. The maximum absolute atomic E-state index is 12.7. The van der Waals surface area contributed by atoms with Crippen LogP contribution in [0.15, 0.2) is 54.2 Å². The lowest BCUT2D eigenvalue weighted by Crippen LogP contribution is -2.36. The van der Waals surface area contributed by atoms with Crippen LogP contribution in [0, 0.1) is 11.3 Å². The van der Waals surface area contributed by atoms with Gasteiger partial charge < -0.3 is 9.88 Å². The van der Waals surface area contributed by atoms with Gasteiger partial charge in [0.1, 0.15) is 11.6 Å². The van der Waals surface area contributed by atoms with E-state index in [2.05, 4.69) is 16.0 Å². The molecule has 158 valence electrons. The van der Waals surface area contributed by atoms with Crippen molar-refractivity contribution in [3.8, 4) is 6.07 Å². The number of nitrogens with one attached hydrogen (secondary N) is 1. The molecule has 0 spiro atoms. The van der Waals surface area contributed by atoms with Gasteiger partial charge in [-0.25, -0.2) is 0 Å². The summed E-state index contributed by atoms with van der Waals surface area (Å²) in [5, 5.41) is 14.9. The van der Waals surface area contributed by atoms with Crippen LogP contribution in [0.5, 0.6) is 0 Å². The predicted molar refractivity (Wildman–Crippen MR) is 126 cm³/mol. The van der Waals surface area contributed by atoms with Crippen LogP contribution in [0.25, 0.3) is 17.0 Å². The first kappa shape index (κ1) is 21.5. The molecule has 1 aliphatic carbocycles. The summed E-state index contributed by atoms with van der Waals surface area (Å²) in [6.45, 7) is 0.556. The quantitative estimate of drug-likeness (QED) is 0.362. The molecular formula is C25H23Cl2N3O. The van der Waals surface area contributed by atoms with E-state index in [-0.39, 0.29) is 17.5 Å². The maximum atomic E-state index is 12.7. The fourth-order valence-electron chi connectivity index (χ4n) is 4.17. The largest absolute Gasteiger partial charge is 0.349 e. The van der Waals surface area contributed by atoms with E-state index >= 15 is 0 Å². The monoisotopic (exact) mass is 451 g/mol. The zero-order valence-electron chi connectivity index (χ0n) is 17.1. The number of carbonyl (C=O) groups excluding carboxylic acids is 1. The van der Waals surface area contributed by atoms with Crippen molar-refractivity contribution in [1.29, 1.82) is 5.26 Å². The number of hydrogen-bond acceptors (Lipinski definition) is 2. The number of nitriles is 1. The molecule has 1 saturated carbocycles. The van der Waals surface area contributed by atoms with Gasteiger partial charge >= 0.3 is 0 Å². The fraction of sp³-hybridized carbons (Fsp3) is 0.280. The van der Waals surface area contributed by atoms with E-state index < -0.39 is 0 Å². The van der Waals surface area contributed by atoms with Crippen LogP contribution in [-0.2, 0) is 11.3 Å². The van der Waals surface area contributed by atoms with Gasteiger partial charge in [0.05, 0.1) is 0 Å². The molecule has 0 radical (unpaired) electrons. The molecule has 2 aromatic carbocycles. The van der Waals surface area contributed by atoms with Crippen LogP contribution in [-0.4, -0.2) is 16.5 Å². The van der Waals surface area contributed by atoms with Gasteiger partial charge in [-0.2, -0.15) is 5.26 Å². The van der Waals surface area contributed by atoms with Crippen LogP contribution in [0.2, 0.25) is 10.0 Å². The van der Waals surface area contributed by atoms with Crippen LogP contribution < -0.4 is 5.32 Å². The predicted octanol–water partition coefficient (Wildman–Crippen LogP) is 6.35. The normalized spacial score (nSPS) is 15.1. The van der Waals surface area contributed by atoms with E-state index in [0.717, 1.165) is 47.7 Å². The number of nitrogens with zero attached hydrogens (tertiary/aromatic N) is 2. The molecule has 4 rings (SSSR count). The molecule has 3 aromatic rings. The number of rotatable bonds is 5. The molecule has 1 heterocycles. The molecule has 1 amide bonds. The van der Waals surface area contributed by atoms with Crippen molar-refractivity contribution in [1.82, 2.24) is 9.88 Å². The van der Waals surface area contributed by atoms with Crippen LogP contribution in [0.4, 0.5) is 0 Å². The molecule has 1 N–H and O–H groups in total. The number of carbonyl (C=O) groups is 1. The van der Waals surface area contributed by atoms with E-state index in [1.54, 1.807) is 12.1 Å². The van der Waals surface area contributed by atoms with E-state index in [9.17, 15) is 10.1 Å². The third-order valence-electron chi connectivity index (χ3n) is 5.78. The van der Waals surface area contributed by atoms with Crippen molar-refractivity contribution < 1.29 is 4.79 Å². The molecule has 31 heavy (non-hydrogen) atoms. The maximum Gasteiger partial charge on any atom is 0.262 e. The Bertz CT molecular complexity index is 1180. The number of benzene rings is 2. The summed E-state index contributed by atoms with van der Waals surface area (Å²) >= 11 is 12.4. The first-order valence-corrected chi connectivity index (χ1v) is 11.2. The van der Waals surface area contributed by atoms with Crippen molar-refractivity contribution in [3.63, 3.8) is 0 Å². The van der Waals surface area contributed by atoms with Gasteiger partial charge in [0.25, 0.3) is 5.91 Å². The fourth-order valence-corrected chi connectivity index (χ4v) is 4.64.